The predicted octanol–water partition coefficient (Wildman–Crippen LogP) is 3.59. The largest absolute Gasteiger partial charge is 0.342 e. The molecule has 1 aromatic rings. The van der Waals surface area contributed by atoms with E-state index in [9.17, 15) is 0 Å². The van der Waals surface area contributed by atoms with E-state index in [1.165, 1.54) is 10.4 Å². The molecule has 15 heavy (non-hydrogen) atoms. The van der Waals surface area contributed by atoms with Gasteiger partial charge in [-0.15, -0.1) is 11.3 Å². The quantitative estimate of drug-likeness (QED) is 0.634. The minimum atomic E-state index is -3.39. The second-order valence-electron chi connectivity index (χ2n) is 4.51. The van der Waals surface area contributed by atoms with Gasteiger partial charge in [-0.05, 0) is 53.5 Å². The lowest BCUT2D eigenvalue weighted by Crippen LogP contribution is -2.36. The fourth-order valence-corrected chi connectivity index (χ4v) is 2.52. The average Bonchev–Trinajstić information content (AvgIpc) is 2.61. The molecule has 0 aromatic carbocycles. The molecule has 0 radical (unpaired) electrons. The molecule has 0 atom stereocenters. The molecule has 0 bridgehead atoms. The summed E-state index contributed by atoms with van der Waals surface area (Å²) in [5, 5.41) is 2.12. The van der Waals surface area contributed by atoms with Gasteiger partial charge in [0.2, 0.25) is 0 Å². The summed E-state index contributed by atoms with van der Waals surface area (Å²) in [5.41, 5.74) is 2.51. The first-order valence-electron chi connectivity index (χ1n) is 6.53. The fourth-order valence-electron chi connectivity index (χ4n) is 1.67. The summed E-state index contributed by atoms with van der Waals surface area (Å²) in [6.07, 6.45) is 4.28. The maximum Gasteiger partial charge on any atom is 0.260 e. The maximum atomic E-state index is 6.05. The molecule has 0 amide bonds. The van der Waals surface area contributed by atoms with Crippen LogP contribution in [0.15, 0.2) is 24.2 Å². The zero-order valence-electron chi connectivity index (χ0n) is 13.3. The first-order valence-corrected chi connectivity index (χ1v) is 5.62. The Morgan fingerprint density at radius 1 is 1.53 bits per heavy atom. The molecule has 0 aliphatic carbocycles. The van der Waals surface area contributed by atoms with E-state index in [2.05, 4.69) is 56.0 Å². The van der Waals surface area contributed by atoms with E-state index in [1.807, 2.05) is 0 Å². The van der Waals surface area contributed by atoms with E-state index in [0.717, 1.165) is 5.70 Å². The first kappa shape index (κ1) is 7.65. The molecule has 1 aliphatic rings. The number of hydrogen-bond acceptors (Lipinski definition) is 2. The molecule has 3 heteroatoms. The van der Waals surface area contributed by atoms with Crippen molar-refractivity contribution in [2.75, 3.05) is 0 Å². The summed E-state index contributed by atoms with van der Waals surface area (Å²) < 4.78 is 24.2. The van der Waals surface area contributed by atoms with Crippen LogP contribution >= 0.6 is 21.0 Å². The second-order valence-corrected chi connectivity index (χ2v) is 5.42. The summed E-state index contributed by atoms with van der Waals surface area (Å²) in [5.74, 6) is 0. The van der Waals surface area contributed by atoms with Crippen LogP contribution in [-0.4, -0.2) is 15.6 Å². The van der Waals surface area contributed by atoms with Crippen molar-refractivity contribution >= 4 is 32.8 Å². The summed E-state index contributed by atoms with van der Waals surface area (Å²) in [6.45, 7) is 10.7. The van der Waals surface area contributed by atoms with Gasteiger partial charge in [0, 0.05) is 11.7 Å². The molecule has 0 spiro atoms. The Hall–Kier alpha value is -0.590. The highest BCUT2D eigenvalue weighted by Gasteiger charge is 2.25. The van der Waals surface area contributed by atoms with Crippen LogP contribution in [0.1, 0.15) is 31.2 Å². The molecule has 1 aliphatic heterocycles. The molecule has 0 fully saturated rings. The van der Waals surface area contributed by atoms with Gasteiger partial charge in [-0.2, -0.15) is 0 Å². The first-order chi connectivity index (χ1) is 8.50. The molecule has 82 valence electrons. The highest BCUT2D eigenvalue weighted by molar-refractivity contribution is 7.11. The Balaban J connectivity index is 0.000000312. The number of fused-ring (bicyclic) bond motifs is 1. The summed E-state index contributed by atoms with van der Waals surface area (Å²) >= 11 is 1.76. The Morgan fingerprint density at radius 3 is 2.80 bits per heavy atom. The molecule has 2 heterocycles. The minimum Gasteiger partial charge on any atom is -0.342 e. The topological polar surface area (TPSA) is 3.24 Å². The molecule has 1 nitrogen and oxygen atoms in total. The zero-order valence-corrected chi connectivity index (χ0v) is 11.0. The van der Waals surface area contributed by atoms with Crippen molar-refractivity contribution in [1.82, 2.24) is 4.90 Å². The van der Waals surface area contributed by atoms with Gasteiger partial charge in [-0.1, -0.05) is 6.58 Å². The molecule has 0 saturated heterocycles. The van der Waals surface area contributed by atoms with Crippen LogP contribution in [0.5, 0.6) is 0 Å². The number of nitrogens with zero attached hydrogens (tertiary/aromatic N) is 1. The maximum absolute atomic E-state index is 6.05. The second kappa shape index (κ2) is 4.11. The normalized spacial score (nSPS) is 19.1. The number of hydrogen-bond donors (Lipinski definition) is 0. The lowest BCUT2D eigenvalue weighted by molar-refractivity contribution is 0.297. The zero-order chi connectivity index (χ0) is 14.8. The molecule has 0 unspecified atom stereocenters. The predicted molar refractivity (Wildman–Crippen MR) is 76.5 cm³/mol. The highest BCUT2D eigenvalue weighted by atomic mass is 32.1. The summed E-state index contributed by atoms with van der Waals surface area (Å²) in [7, 11) is -3.39. The Morgan fingerprint density at radius 2 is 2.20 bits per heavy atom. The molecule has 2 rings (SSSR count). The van der Waals surface area contributed by atoms with Crippen LogP contribution in [0.25, 0.3) is 11.8 Å². The van der Waals surface area contributed by atoms with Gasteiger partial charge in [0.15, 0.2) is 0 Å². The van der Waals surface area contributed by atoms with Crippen molar-refractivity contribution in [3.05, 3.63) is 34.7 Å². The van der Waals surface area contributed by atoms with Gasteiger partial charge in [0.05, 0.1) is 10.6 Å². The van der Waals surface area contributed by atoms with E-state index >= 15 is 0 Å². The van der Waals surface area contributed by atoms with Crippen LogP contribution in [0.3, 0.4) is 0 Å². The molecule has 1 aromatic heterocycles. The van der Waals surface area contributed by atoms with Crippen LogP contribution in [-0.2, 0) is 0 Å². The summed E-state index contributed by atoms with van der Waals surface area (Å²) in [4.78, 5) is 3.52. The standard InChI is InChI=1S/C12H15NS.H3P/c1-9-11-10(6-8-14-11)5-7-13(9)12(2,3)4;/h5-8H,1H2,2-4H3;1H3/p+1/i;1T3/hT. The minimum absolute atomic E-state index is 0.106. The third-order valence-corrected chi connectivity index (χ3v) is 3.35. The highest BCUT2D eigenvalue weighted by Crippen LogP contribution is 2.36. The van der Waals surface area contributed by atoms with Crippen molar-refractivity contribution in [1.29, 1.82) is 5.11 Å². The average molecular weight is 248 g/mol. The molecular formula is C12H19NPS+. The fraction of sp³-hybridized carbons (Fsp3) is 0.333. The Kier molecular flexibility index (Phi) is 2.10. The van der Waals surface area contributed by atoms with Crippen molar-refractivity contribution < 1.29 is 0 Å². The van der Waals surface area contributed by atoms with Gasteiger partial charge in [-0.25, -0.2) is 0 Å². The van der Waals surface area contributed by atoms with Crippen molar-refractivity contribution in [2.24, 2.45) is 0 Å². The molecular weight excluding hydrogens is 221 g/mol. The van der Waals surface area contributed by atoms with Gasteiger partial charge in [0.25, 0.3) is 5.11 Å². The van der Waals surface area contributed by atoms with Crippen LogP contribution in [0, 0.1) is 0 Å². The third kappa shape index (κ3) is 2.16. The van der Waals surface area contributed by atoms with Gasteiger partial charge < -0.3 is 4.90 Å². The Bertz CT molecular complexity index is 479. The van der Waals surface area contributed by atoms with Gasteiger partial charge in [0.1, 0.15) is 0 Å². The number of rotatable bonds is 0. The van der Waals surface area contributed by atoms with Gasteiger partial charge in [-0.3, -0.25) is 0 Å². The van der Waals surface area contributed by atoms with E-state index in [0.29, 0.717) is 0 Å². The van der Waals surface area contributed by atoms with Crippen molar-refractivity contribution in [2.45, 2.75) is 26.3 Å². The van der Waals surface area contributed by atoms with Crippen LogP contribution in [0.2, 0.25) is 0 Å². The monoisotopic (exact) mass is 248 g/mol. The molecule has 0 N–H and O–H groups in total. The lowest BCUT2D eigenvalue weighted by Gasteiger charge is -2.37. The van der Waals surface area contributed by atoms with E-state index in [-0.39, 0.29) is 5.54 Å². The van der Waals surface area contributed by atoms with Crippen molar-refractivity contribution in [3.8, 4) is 0 Å². The third-order valence-electron chi connectivity index (χ3n) is 2.37. The summed E-state index contributed by atoms with van der Waals surface area (Å²) in [6, 6.07) is 2.14. The smallest absolute Gasteiger partial charge is 0.260 e. The lowest BCUT2D eigenvalue weighted by atomic mass is 10.0. The van der Waals surface area contributed by atoms with Crippen LogP contribution < -0.4 is 0 Å². The van der Waals surface area contributed by atoms with Crippen LogP contribution in [0.4, 0.5) is 0 Å². The van der Waals surface area contributed by atoms with Crippen molar-refractivity contribution in [3.63, 3.8) is 0 Å². The number of thiophene rings is 1. The van der Waals surface area contributed by atoms with Gasteiger partial charge >= 0.3 is 0 Å². The molecule has 0 saturated carbocycles. The van der Waals surface area contributed by atoms with E-state index < -0.39 is 9.68 Å². The van der Waals surface area contributed by atoms with E-state index in [4.69, 9.17) is 5.11 Å². The van der Waals surface area contributed by atoms with E-state index in [1.54, 1.807) is 11.3 Å². The SMILES string of the molecule is C=C1c2sccc2C=CN1C(C)(C)C.[3H][P+]([3H])([3H])[3H]. The Labute approximate surface area is 104 Å².